The van der Waals surface area contributed by atoms with E-state index < -0.39 is 5.92 Å². The second kappa shape index (κ2) is 6.35. The van der Waals surface area contributed by atoms with E-state index in [1.54, 1.807) is 0 Å². The number of esters is 1. The number of ether oxygens (including phenoxy) is 2. The summed E-state index contributed by atoms with van der Waals surface area (Å²) in [7, 11) is 0. The van der Waals surface area contributed by atoms with Crippen molar-refractivity contribution in [3.05, 3.63) is 59.7 Å². The van der Waals surface area contributed by atoms with E-state index >= 15 is 0 Å². The van der Waals surface area contributed by atoms with Crippen LogP contribution in [0.5, 0.6) is 11.5 Å². The zero-order valence-corrected chi connectivity index (χ0v) is 13.2. The minimum Gasteiger partial charge on any atom is -0.457 e. The number of rotatable bonds is 3. The summed E-state index contributed by atoms with van der Waals surface area (Å²) in [4.78, 5) is 17.1. The first kappa shape index (κ1) is 14.8. The number of hydrogen-bond donors (Lipinski definition) is 1. The Morgan fingerprint density at radius 1 is 1.12 bits per heavy atom. The second-order valence-electron chi connectivity index (χ2n) is 5.83. The van der Waals surface area contributed by atoms with Gasteiger partial charge in [0.2, 0.25) is 0 Å². The lowest BCUT2D eigenvalue weighted by Gasteiger charge is -2.27. The van der Waals surface area contributed by atoms with Crippen LogP contribution < -0.4 is 10.1 Å². The molecule has 0 saturated heterocycles. The van der Waals surface area contributed by atoms with E-state index in [4.69, 9.17) is 9.47 Å². The number of carbonyl (C=O) groups excluding carboxylic acids is 1. The molecule has 24 heavy (non-hydrogen) atoms. The summed E-state index contributed by atoms with van der Waals surface area (Å²) in [5, 5.41) is 3.16. The van der Waals surface area contributed by atoms with Gasteiger partial charge in [-0.3, -0.25) is 9.79 Å². The summed E-state index contributed by atoms with van der Waals surface area (Å²) >= 11 is 0. The zero-order chi connectivity index (χ0) is 16.4. The highest BCUT2D eigenvalue weighted by atomic mass is 16.5. The first-order chi connectivity index (χ1) is 11.8. The molecule has 0 fully saturated rings. The highest BCUT2D eigenvalue weighted by molar-refractivity contribution is 5.89. The van der Waals surface area contributed by atoms with Gasteiger partial charge in [-0.15, -0.1) is 0 Å². The third kappa shape index (κ3) is 2.73. The normalized spacial score (nSPS) is 16.1. The maximum absolute atomic E-state index is 12.8. The molecule has 0 aromatic heterocycles. The molecular weight excluding hydrogens is 304 g/mol. The quantitative estimate of drug-likeness (QED) is 0.883. The SMILES string of the molecule is O=C(OCC1=NCCCN1)C1c2ccccc2Oc2ccccc21. The van der Waals surface area contributed by atoms with E-state index in [1.165, 1.54) is 0 Å². The van der Waals surface area contributed by atoms with Gasteiger partial charge < -0.3 is 14.8 Å². The van der Waals surface area contributed by atoms with Crippen molar-refractivity contribution in [1.29, 1.82) is 0 Å². The first-order valence-corrected chi connectivity index (χ1v) is 8.12. The molecule has 2 heterocycles. The van der Waals surface area contributed by atoms with Crippen molar-refractivity contribution in [2.45, 2.75) is 12.3 Å². The number of hydrogen-bond acceptors (Lipinski definition) is 5. The van der Waals surface area contributed by atoms with Crippen LogP contribution in [0.3, 0.4) is 0 Å². The van der Waals surface area contributed by atoms with Crippen LogP contribution in [0.15, 0.2) is 53.5 Å². The maximum atomic E-state index is 12.8. The summed E-state index contributed by atoms with van der Waals surface area (Å²) in [5.41, 5.74) is 1.67. The smallest absolute Gasteiger partial charge is 0.318 e. The first-order valence-electron chi connectivity index (χ1n) is 8.12. The highest BCUT2D eigenvalue weighted by Gasteiger charge is 2.33. The summed E-state index contributed by atoms with van der Waals surface area (Å²) < 4.78 is 11.5. The number of amidine groups is 1. The van der Waals surface area contributed by atoms with Gasteiger partial charge in [-0.05, 0) is 18.6 Å². The molecule has 0 aliphatic carbocycles. The van der Waals surface area contributed by atoms with E-state index in [2.05, 4.69) is 10.3 Å². The third-order valence-corrected chi connectivity index (χ3v) is 4.23. The van der Waals surface area contributed by atoms with Gasteiger partial charge in [0.1, 0.15) is 29.9 Å². The number of benzene rings is 2. The van der Waals surface area contributed by atoms with Crippen LogP contribution >= 0.6 is 0 Å². The van der Waals surface area contributed by atoms with Crippen molar-refractivity contribution < 1.29 is 14.3 Å². The molecule has 2 aromatic carbocycles. The van der Waals surface area contributed by atoms with Gasteiger partial charge in [0, 0.05) is 24.2 Å². The minimum atomic E-state index is -0.477. The molecule has 0 spiro atoms. The van der Waals surface area contributed by atoms with Crippen LogP contribution in [0.4, 0.5) is 0 Å². The van der Waals surface area contributed by atoms with Gasteiger partial charge >= 0.3 is 5.97 Å². The zero-order valence-electron chi connectivity index (χ0n) is 13.2. The van der Waals surface area contributed by atoms with Gasteiger partial charge in [-0.1, -0.05) is 36.4 Å². The van der Waals surface area contributed by atoms with Crippen molar-refractivity contribution in [3.8, 4) is 11.5 Å². The lowest BCUT2D eigenvalue weighted by atomic mass is 9.88. The fourth-order valence-corrected chi connectivity index (χ4v) is 3.07. The molecule has 0 bridgehead atoms. The van der Waals surface area contributed by atoms with Gasteiger partial charge in [0.25, 0.3) is 0 Å². The standard InChI is InChI=1S/C19H18N2O3/c22-19(23-12-17-20-10-5-11-21-17)18-13-6-1-3-8-15(13)24-16-9-4-2-7-14(16)18/h1-4,6-9,18H,5,10-12H2,(H,20,21). The Bertz CT molecular complexity index is 755. The lowest BCUT2D eigenvalue weighted by molar-refractivity contribution is -0.142. The molecule has 2 aliphatic rings. The van der Waals surface area contributed by atoms with E-state index in [-0.39, 0.29) is 12.6 Å². The van der Waals surface area contributed by atoms with Crippen LogP contribution in [0, 0.1) is 0 Å². The number of nitrogens with zero attached hydrogens (tertiary/aromatic N) is 1. The van der Waals surface area contributed by atoms with Crippen LogP contribution in [-0.4, -0.2) is 31.5 Å². The fourth-order valence-electron chi connectivity index (χ4n) is 3.07. The Hall–Kier alpha value is -2.82. The molecule has 1 N–H and O–H groups in total. The Kier molecular flexibility index (Phi) is 3.91. The van der Waals surface area contributed by atoms with Gasteiger partial charge in [0.15, 0.2) is 0 Å². The second-order valence-corrected chi connectivity index (χ2v) is 5.83. The van der Waals surface area contributed by atoms with Crippen molar-refractivity contribution in [2.75, 3.05) is 19.7 Å². The summed E-state index contributed by atoms with van der Waals surface area (Å²) in [5.74, 6) is 1.38. The third-order valence-electron chi connectivity index (χ3n) is 4.23. The monoisotopic (exact) mass is 322 g/mol. The van der Waals surface area contributed by atoms with Gasteiger partial charge in [-0.2, -0.15) is 0 Å². The average Bonchev–Trinajstić information content (AvgIpc) is 2.65. The summed E-state index contributed by atoms with van der Waals surface area (Å²) in [6.45, 7) is 1.84. The number of para-hydroxylation sites is 2. The van der Waals surface area contributed by atoms with E-state index in [9.17, 15) is 4.79 Å². The predicted octanol–water partition coefficient (Wildman–Crippen LogP) is 2.86. The molecule has 5 heteroatoms. The molecule has 2 aliphatic heterocycles. The number of fused-ring (bicyclic) bond motifs is 2. The summed E-state index contributed by atoms with van der Waals surface area (Å²) in [6.07, 6.45) is 1.01. The Balaban J connectivity index is 1.61. The largest absolute Gasteiger partial charge is 0.457 e. The number of nitrogens with one attached hydrogen (secondary N) is 1. The highest BCUT2D eigenvalue weighted by Crippen LogP contribution is 2.44. The maximum Gasteiger partial charge on any atom is 0.318 e. The number of carbonyl (C=O) groups is 1. The molecule has 5 nitrogen and oxygen atoms in total. The van der Waals surface area contributed by atoms with E-state index in [0.29, 0.717) is 11.5 Å². The Morgan fingerprint density at radius 2 is 1.79 bits per heavy atom. The molecule has 0 atom stereocenters. The van der Waals surface area contributed by atoms with E-state index in [1.807, 2.05) is 48.5 Å². The van der Waals surface area contributed by atoms with Crippen molar-refractivity contribution in [2.24, 2.45) is 4.99 Å². The van der Waals surface area contributed by atoms with Crippen LogP contribution in [-0.2, 0) is 9.53 Å². The Labute approximate surface area is 140 Å². The Morgan fingerprint density at radius 3 is 2.42 bits per heavy atom. The molecule has 122 valence electrons. The minimum absolute atomic E-state index is 0.181. The van der Waals surface area contributed by atoms with Crippen LogP contribution in [0.2, 0.25) is 0 Å². The van der Waals surface area contributed by atoms with E-state index in [0.717, 1.165) is 36.5 Å². The summed E-state index contributed by atoms with van der Waals surface area (Å²) in [6, 6.07) is 15.2. The molecule has 0 saturated carbocycles. The number of aliphatic imine (C=N–C) groups is 1. The van der Waals surface area contributed by atoms with Crippen molar-refractivity contribution in [3.63, 3.8) is 0 Å². The molecule has 0 unspecified atom stereocenters. The molecule has 0 radical (unpaired) electrons. The van der Waals surface area contributed by atoms with Crippen molar-refractivity contribution in [1.82, 2.24) is 5.32 Å². The molecular formula is C19H18N2O3. The van der Waals surface area contributed by atoms with Crippen molar-refractivity contribution >= 4 is 11.8 Å². The lowest BCUT2D eigenvalue weighted by Crippen LogP contribution is -2.34. The molecule has 0 amide bonds. The topological polar surface area (TPSA) is 59.9 Å². The predicted molar refractivity (Wildman–Crippen MR) is 90.7 cm³/mol. The van der Waals surface area contributed by atoms with Gasteiger partial charge in [0.05, 0.1) is 0 Å². The van der Waals surface area contributed by atoms with Crippen LogP contribution in [0.1, 0.15) is 23.5 Å². The average molecular weight is 322 g/mol. The molecule has 4 rings (SSSR count). The van der Waals surface area contributed by atoms with Crippen LogP contribution in [0.25, 0.3) is 0 Å². The fraction of sp³-hybridized carbons (Fsp3) is 0.263. The van der Waals surface area contributed by atoms with Gasteiger partial charge in [-0.25, -0.2) is 0 Å². The molecule has 2 aromatic rings.